The van der Waals surface area contributed by atoms with Crippen LogP contribution in [0.3, 0.4) is 0 Å². The van der Waals surface area contributed by atoms with Crippen molar-refractivity contribution in [2.75, 3.05) is 25.7 Å². The number of benzene rings is 4. The van der Waals surface area contributed by atoms with E-state index in [4.69, 9.17) is 9.47 Å². The van der Waals surface area contributed by atoms with Gasteiger partial charge in [0, 0.05) is 22.7 Å². The summed E-state index contributed by atoms with van der Waals surface area (Å²) in [6.07, 6.45) is 3.94. The highest BCUT2D eigenvalue weighted by atomic mass is 32.2. The fourth-order valence-electron chi connectivity index (χ4n) is 9.03. The summed E-state index contributed by atoms with van der Waals surface area (Å²) in [7, 11) is -4.21. The fourth-order valence-corrected chi connectivity index (χ4v) is 13.5. The van der Waals surface area contributed by atoms with Gasteiger partial charge < -0.3 is 19.7 Å². The van der Waals surface area contributed by atoms with E-state index in [0.717, 1.165) is 25.7 Å². The van der Waals surface area contributed by atoms with Crippen molar-refractivity contribution in [1.29, 1.82) is 0 Å². The van der Waals surface area contributed by atoms with E-state index >= 15 is 0 Å². The van der Waals surface area contributed by atoms with Gasteiger partial charge in [0.1, 0.15) is 23.1 Å². The van der Waals surface area contributed by atoms with Crippen molar-refractivity contribution in [3.8, 4) is 11.5 Å². The molecule has 0 radical (unpaired) electrons. The number of aliphatic hydroxyl groups excluding tert-OH is 2. The maximum absolute atomic E-state index is 13.6. The first-order valence-corrected chi connectivity index (χ1v) is 23.5. The molecule has 58 heavy (non-hydrogen) atoms. The lowest BCUT2D eigenvalue weighted by Gasteiger charge is -2.39. The molecule has 316 valence electrons. The van der Waals surface area contributed by atoms with Crippen LogP contribution in [0.5, 0.6) is 11.5 Å². The van der Waals surface area contributed by atoms with E-state index in [-0.39, 0.29) is 32.9 Å². The van der Waals surface area contributed by atoms with Crippen LogP contribution in [0, 0.1) is 22.5 Å². The molecular weight excluding hydrogens is 783 g/mol. The molecule has 0 saturated heterocycles. The molecule has 0 unspecified atom stereocenters. The van der Waals surface area contributed by atoms with Crippen molar-refractivity contribution in [2.24, 2.45) is 10.8 Å². The van der Waals surface area contributed by atoms with Crippen molar-refractivity contribution in [1.82, 2.24) is 0 Å². The Bertz CT molecular complexity index is 2070. The molecule has 0 fully saturated rings. The predicted octanol–water partition coefficient (Wildman–Crippen LogP) is 9.40. The highest BCUT2D eigenvalue weighted by Gasteiger charge is 2.50. The predicted molar refractivity (Wildman–Crippen MR) is 223 cm³/mol. The Hall–Kier alpha value is -3.84. The molecule has 2 heterocycles. The van der Waals surface area contributed by atoms with Crippen molar-refractivity contribution in [3.05, 3.63) is 119 Å². The van der Waals surface area contributed by atoms with E-state index in [1.807, 2.05) is 13.8 Å². The van der Waals surface area contributed by atoms with Crippen LogP contribution >= 0.6 is 0 Å². The Morgan fingerprint density at radius 2 is 0.931 bits per heavy atom. The molecule has 2 N–H and O–H groups in total. The zero-order valence-electron chi connectivity index (χ0n) is 34.4. The zero-order valence-corrected chi connectivity index (χ0v) is 36.0. The number of methoxy groups -OCH3 is 2. The highest BCUT2D eigenvalue weighted by Crippen LogP contribution is 2.51. The van der Waals surface area contributed by atoms with Gasteiger partial charge in [-0.1, -0.05) is 77.6 Å². The zero-order chi connectivity index (χ0) is 42.5. The third kappa shape index (κ3) is 9.15. The van der Waals surface area contributed by atoms with Gasteiger partial charge in [0.25, 0.3) is 0 Å². The summed E-state index contributed by atoms with van der Waals surface area (Å²) in [6, 6.07) is 21.7. The monoisotopic (exact) mass is 840 g/mol. The van der Waals surface area contributed by atoms with E-state index in [9.17, 15) is 35.8 Å². The van der Waals surface area contributed by atoms with Crippen LogP contribution in [-0.4, -0.2) is 65.0 Å². The maximum Gasteiger partial charge on any atom is 0.179 e. The molecule has 2 aliphatic rings. The smallest absolute Gasteiger partial charge is 0.179 e. The van der Waals surface area contributed by atoms with Crippen molar-refractivity contribution in [2.45, 2.75) is 113 Å². The first kappa shape index (κ1) is 45.2. The van der Waals surface area contributed by atoms with E-state index in [0.29, 0.717) is 59.4 Å². The minimum absolute atomic E-state index is 0.102. The lowest BCUT2D eigenvalue weighted by Crippen LogP contribution is -2.42. The first-order valence-electron chi connectivity index (χ1n) is 20.2. The molecule has 0 spiro atoms. The summed E-state index contributed by atoms with van der Waals surface area (Å²) < 4.78 is 91.4. The topological polar surface area (TPSA) is 127 Å². The van der Waals surface area contributed by atoms with Crippen LogP contribution in [0.1, 0.15) is 113 Å². The molecule has 8 nitrogen and oxygen atoms in total. The molecule has 0 aromatic heterocycles. The minimum atomic E-state index is -3.63. The SMILES string of the molecule is CCCC[C@]1(CC)CS(=O)(=O)c2ccc(OC)cc2[C@@H](c2ccc(F)cc2)[C@H]1O.CCCC[C@]1(CC)CS(=O)(=O)c2ccc(OC)cc2[C@H](c2ccc(F)cc2)[C@@H]1O. The largest absolute Gasteiger partial charge is 0.497 e. The molecule has 0 bridgehead atoms. The van der Waals surface area contributed by atoms with Crippen molar-refractivity contribution >= 4 is 19.7 Å². The third-order valence-electron chi connectivity index (χ3n) is 12.5. The molecule has 4 aromatic rings. The average Bonchev–Trinajstić information content (AvgIpc) is 3.34. The first-order chi connectivity index (χ1) is 27.6. The van der Waals surface area contributed by atoms with Crippen LogP contribution < -0.4 is 9.47 Å². The van der Waals surface area contributed by atoms with Gasteiger partial charge in [-0.25, -0.2) is 25.6 Å². The number of rotatable bonds is 12. The van der Waals surface area contributed by atoms with Gasteiger partial charge in [-0.2, -0.15) is 0 Å². The Morgan fingerprint density at radius 3 is 1.22 bits per heavy atom. The number of ether oxygens (including phenoxy) is 2. The highest BCUT2D eigenvalue weighted by molar-refractivity contribution is 7.91. The molecule has 6 atom stereocenters. The molecule has 0 aliphatic carbocycles. The molecule has 2 aliphatic heterocycles. The molecule has 6 rings (SSSR count). The van der Waals surface area contributed by atoms with Crippen LogP contribution in [0.2, 0.25) is 0 Å². The minimum Gasteiger partial charge on any atom is -0.497 e. The molecular formula is C46H58F2O8S2. The van der Waals surface area contributed by atoms with E-state index in [1.54, 1.807) is 60.7 Å². The van der Waals surface area contributed by atoms with Crippen LogP contribution in [-0.2, 0) is 19.7 Å². The van der Waals surface area contributed by atoms with E-state index in [1.165, 1.54) is 38.5 Å². The molecule has 4 aromatic carbocycles. The number of halogens is 2. The second kappa shape index (κ2) is 18.6. The number of aliphatic hydroxyl groups is 2. The number of hydrogen-bond acceptors (Lipinski definition) is 8. The van der Waals surface area contributed by atoms with Gasteiger partial charge in [0.2, 0.25) is 0 Å². The summed E-state index contributed by atoms with van der Waals surface area (Å²) in [5, 5.41) is 23.3. The Labute approximate surface area is 343 Å². The van der Waals surface area contributed by atoms with Crippen molar-refractivity contribution in [3.63, 3.8) is 0 Å². The second-order valence-electron chi connectivity index (χ2n) is 15.9. The van der Waals surface area contributed by atoms with Gasteiger partial charge in [-0.3, -0.25) is 0 Å². The van der Waals surface area contributed by atoms with Gasteiger partial charge in [-0.05, 0) is 109 Å². The van der Waals surface area contributed by atoms with Crippen molar-refractivity contribution < 1.29 is 45.3 Å². The van der Waals surface area contributed by atoms with Crippen LogP contribution in [0.25, 0.3) is 0 Å². The van der Waals surface area contributed by atoms with Gasteiger partial charge in [-0.15, -0.1) is 0 Å². The average molecular weight is 841 g/mol. The quantitative estimate of drug-likeness (QED) is 0.145. The normalized spacial score (nSPS) is 25.8. The van der Waals surface area contributed by atoms with Gasteiger partial charge in [0.05, 0.1) is 47.7 Å². The third-order valence-corrected chi connectivity index (χ3v) is 16.5. The van der Waals surface area contributed by atoms with E-state index in [2.05, 4.69) is 13.8 Å². The number of fused-ring (bicyclic) bond motifs is 2. The summed E-state index contributed by atoms with van der Waals surface area (Å²) >= 11 is 0. The molecule has 0 amide bonds. The number of unbranched alkanes of at least 4 members (excludes halogenated alkanes) is 2. The summed E-state index contributed by atoms with van der Waals surface area (Å²) in [5.74, 6) is -1.08. The van der Waals surface area contributed by atoms with Crippen LogP contribution in [0.4, 0.5) is 8.78 Å². The molecule has 12 heteroatoms. The van der Waals surface area contributed by atoms with Gasteiger partial charge in [0.15, 0.2) is 19.7 Å². The van der Waals surface area contributed by atoms with E-state index < -0.39 is 54.5 Å². The Balaban J connectivity index is 0.000000221. The lowest BCUT2D eigenvalue weighted by atomic mass is 9.69. The number of sulfone groups is 2. The maximum atomic E-state index is 13.6. The lowest BCUT2D eigenvalue weighted by molar-refractivity contribution is 0.0173. The van der Waals surface area contributed by atoms with Gasteiger partial charge >= 0.3 is 0 Å². The van der Waals surface area contributed by atoms with Crippen LogP contribution in [0.15, 0.2) is 94.7 Å². The summed E-state index contributed by atoms with van der Waals surface area (Å²) in [5.41, 5.74) is 0.852. The fraction of sp³-hybridized carbons (Fsp3) is 0.478. The second-order valence-corrected chi connectivity index (χ2v) is 19.8. The standard InChI is InChI=1S/2C23H29FO4S/c2*1-4-6-13-23(5-2)15-29(26,27)20-12-11-18(28-3)14-19(20)21(22(23)25)16-7-9-17(24)10-8-16/h2*7-12,14,21-22,25H,4-6,13,15H2,1-3H3/t21-,22-,23+;21-,22-,23-/m01/s1. The summed E-state index contributed by atoms with van der Waals surface area (Å²) in [4.78, 5) is 0.442. The Kier molecular flexibility index (Phi) is 14.5. The molecule has 0 saturated carbocycles. The number of hydrogen-bond donors (Lipinski definition) is 2. The Morgan fingerprint density at radius 1 is 0.586 bits per heavy atom. The summed E-state index contributed by atoms with van der Waals surface area (Å²) in [6.45, 7) is 7.98.